The van der Waals surface area contributed by atoms with Crippen molar-refractivity contribution in [3.05, 3.63) is 29.8 Å². The van der Waals surface area contributed by atoms with E-state index in [0.29, 0.717) is 44.2 Å². The highest BCUT2D eigenvalue weighted by molar-refractivity contribution is 8.77. The summed E-state index contributed by atoms with van der Waals surface area (Å²) in [7, 11) is 5.12. The summed E-state index contributed by atoms with van der Waals surface area (Å²) in [6.07, 6.45) is 0. The number of rotatable bonds is 16. The summed E-state index contributed by atoms with van der Waals surface area (Å²) in [6, 6.07) is 7.09. The van der Waals surface area contributed by atoms with Gasteiger partial charge in [0.05, 0.1) is 19.8 Å². The van der Waals surface area contributed by atoms with E-state index in [1.54, 1.807) is 39.8 Å². The standard InChI is InChI=1S/C26H41N3O5S2/c1-20(2)9-8-12-28-23(30)18-32-15-16-33-24(35-36-26(3,4)5)19-34-22-11-7-10-21(17-22)25(31)29-14-13-27-6/h7,10-11,17,20,24,27H,12-16,18-19H2,1-6H3,(H,28,30)(H,29,31)/t24-/m1/s1. The van der Waals surface area contributed by atoms with Gasteiger partial charge in [-0.25, -0.2) is 0 Å². The van der Waals surface area contributed by atoms with E-state index < -0.39 is 0 Å². The molecule has 3 N–H and O–H groups in total. The molecule has 0 bridgehead atoms. The second-order valence-corrected chi connectivity index (χ2v) is 12.3. The molecule has 0 aliphatic heterocycles. The Morgan fingerprint density at radius 3 is 2.58 bits per heavy atom. The van der Waals surface area contributed by atoms with Gasteiger partial charge in [0.1, 0.15) is 24.4 Å². The third kappa shape index (κ3) is 16.7. The van der Waals surface area contributed by atoms with Crippen molar-refractivity contribution < 1.29 is 23.8 Å². The summed E-state index contributed by atoms with van der Waals surface area (Å²) in [6.45, 7) is 12.8. The molecule has 0 aromatic heterocycles. The molecule has 2 amide bonds. The van der Waals surface area contributed by atoms with Crippen molar-refractivity contribution in [2.75, 3.05) is 53.1 Å². The summed E-state index contributed by atoms with van der Waals surface area (Å²) in [5.41, 5.74) is 0.283. The van der Waals surface area contributed by atoms with Gasteiger partial charge in [0.15, 0.2) is 0 Å². The molecule has 0 unspecified atom stereocenters. The summed E-state index contributed by atoms with van der Waals surface area (Å²) in [5, 5.41) is 8.55. The first-order chi connectivity index (χ1) is 17.1. The number of nitrogens with one attached hydrogen (secondary N) is 3. The van der Waals surface area contributed by atoms with Crippen LogP contribution in [0.1, 0.15) is 45.0 Å². The van der Waals surface area contributed by atoms with Crippen LogP contribution in [0.2, 0.25) is 0 Å². The molecule has 8 nitrogen and oxygen atoms in total. The Balaban J connectivity index is 2.49. The van der Waals surface area contributed by atoms with Crippen molar-refractivity contribution in [3.63, 3.8) is 0 Å². The van der Waals surface area contributed by atoms with Crippen molar-refractivity contribution in [2.45, 2.75) is 44.8 Å². The number of amides is 2. The van der Waals surface area contributed by atoms with E-state index in [1.807, 2.05) is 27.0 Å². The second-order valence-electron chi connectivity index (χ2n) is 9.10. The van der Waals surface area contributed by atoms with Crippen LogP contribution in [0.25, 0.3) is 0 Å². The molecule has 0 spiro atoms. The molecule has 1 rings (SSSR count). The lowest BCUT2D eigenvalue weighted by Gasteiger charge is -2.22. The number of ether oxygens (including phenoxy) is 3. The van der Waals surface area contributed by atoms with E-state index in [2.05, 4.69) is 48.6 Å². The van der Waals surface area contributed by atoms with Crippen molar-refractivity contribution in [1.29, 1.82) is 0 Å². The Labute approximate surface area is 224 Å². The highest BCUT2D eigenvalue weighted by atomic mass is 33.1. The van der Waals surface area contributed by atoms with Gasteiger partial charge in [-0.05, 0) is 25.2 Å². The molecule has 0 aliphatic rings. The van der Waals surface area contributed by atoms with Gasteiger partial charge in [-0.1, -0.05) is 74.1 Å². The quantitative estimate of drug-likeness (QED) is 0.127. The van der Waals surface area contributed by atoms with Crippen molar-refractivity contribution in [3.8, 4) is 17.6 Å². The van der Waals surface area contributed by atoms with Crippen LogP contribution in [0.5, 0.6) is 5.75 Å². The number of likely N-dealkylation sites (N-methyl/N-ethyl adjacent to an activating group) is 1. The topological polar surface area (TPSA) is 97.9 Å². The number of carbonyl (C=O) groups is 2. The van der Waals surface area contributed by atoms with E-state index in [1.165, 1.54) is 0 Å². The van der Waals surface area contributed by atoms with Crippen LogP contribution in [0.3, 0.4) is 0 Å². The smallest absolute Gasteiger partial charge is 0.251 e. The minimum atomic E-state index is -0.258. The van der Waals surface area contributed by atoms with Gasteiger partial charge in [0.25, 0.3) is 5.91 Å². The minimum Gasteiger partial charge on any atom is -0.490 e. The van der Waals surface area contributed by atoms with Gasteiger partial charge in [0.2, 0.25) is 5.91 Å². The summed E-state index contributed by atoms with van der Waals surface area (Å²) >= 11 is 0. The maximum absolute atomic E-state index is 12.3. The zero-order chi connectivity index (χ0) is 26.8. The van der Waals surface area contributed by atoms with Gasteiger partial charge in [-0.2, -0.15) is 0 Å². The Kier molecular flexibility index (Phi) is 16.4. The lowest BCUT2D eigenvalue weighted by Crippen LogP contribution is -2.30. The molecule has 0 saturated carbocycles. The van der Waals surface area contributed by atoms with E-state index in [9.17, 15) is 9.59 Å². The Morgan fingerprint density at radius 1 is 1.11 bits per heavy atom. The summed E-state index contributed by atoms with van der Waals surface area (Å²) < 4.78 is 17.4. The van der Waals surface area contributed by atoms with E-state index in [-0.39, 0.29) is 41.1 Å². The van der Waals surface area contributed by atoms with Gasteiger partial charge >= 0.3 is 0 Å². The van der Waals surface area contributed by atoms with E-state index in [0.717, 1.165) is 0 Å². The predicted octanol–water partition coefficient (Wildman–Crippen LogP) is 3.33. The lowest BCUT2D eigenvalue weighted by atomic mass is 10.2. The molecular weight excluding hydrogens is 498 g/mol. The fourth-order valence-corrected chi connectivity index (χ4v) is 4.64. The first-order valence-electron chi connectivity index (χ1n) is 12.1. The molecule has 1 aromatic rings. The highest BCUT2D eigenvalue weighted by Crippen LogP contribution is 2.38. The molecule has 0 aliphatic carbocycles. The summed E-state index contributed by atoms with van der Waals surface area (Å²) in [5.74, 6) is 6.41. The SMILES string of the molecule is CNCCNC(=O)c1cccc(OC[C@H](OCCOCC(=O)NCC#CC(C)C)SSC(C)(C)C)c1. The maximum atomic E-state index is 12.3. The van der Waals surface area contributed by atoms with E-state index >= 15 is 0 Å². The summed E-state index contributed by atoms with van der Waals surface area (Å²) in [4.78, 5) is 24.1. The third-order valence-electron chi connectivity index (χ3n) is 4.08. The fourth-order valence-electron chi connectivity index (χ4n) is 2.45. The molecule has 1 aromatic carbocycles. The Hall–Kier alpha value is -1.90. The molecule has 1 atom stereocenters. The monoisotopic (exact) mass is 539 g/mol. The molecule has 202 valence electrons. The average Bonchev–Trinajstić information content (AvgIpc) is 2.82. The molecule has 10 heteroatoms. The van der Waals surface area contributed by atoms with Crippen LogP contribution in [0, 0.1) is 17.8 Å². The van der Waals surface area contributed by atoms with Crippen LogP contribution < -0.4 is 20.7 Å². The van der Waals surface area contributed by atoms with Crippen molar-refractivity contribution in [1.82, 2.24) is 16.0 Å². The molecule has 0 fully saturated rings. The maximum Gasteiger partial charge on any atom is 0.251 e. The zero-order valence-corrected chi connectivity index (χ0v) is 23.9. The van der Waals surface area contributed by atoms with Gasteiger partial charge in [-0.15, -0.1) is 0 Å². The van der Waals surface area contributed by atoms with Gasteiger partial charge < -0.3 is 30.2 Å². The van der Waals surface area contributed by atoms with Crippen LogP contribution >= 0.6 is 21.6 Å². The van der Waals surface area contributed by atoms with Crippen molar-refractivity contribution in [2.24, 2.45) is 5.92 Å². The highest BCUT2D eigenvalue weighted by Gasteiger charge is 2.18. The molecular formula is C26H41N3O5S2. The molecule has 36 heavy (non-hydrogen) atoms. The average molecular weight is 540 g/mol. The van der Waals surface area contributed by atoms with Gasteiger partial charge in [-0.3, -0.25) is 9.59 Å². The normalized spacial score (nSPS) is 12.0. The molecule has 0 radical (unpaired) electrons. The number of benzene rings is 1. The van der Waals surface area contributed by atoms with Crippen LogP contribution in [-0.4, -0.2) is 75.1 Å². The second kappa shape index (κ2) is 18.4. The van der Waals surface area contributed by atoms with Crippen molar-refractivity contribution >= 4 is 33.4 Å². The molecule has 0 saturated heterocycles. The Bertz CT molecular complexity index is 850. The van der Waals surface area contributed by atoms with Gasteiger partial charge in [0, 0.05) is 29.3 Å². The number of carbonyl (C=O) groups excluding carboxylic acids is 2. The van der Waals surface area contributed by atoms with E-state index in [4.69, 9.17) is 14.2 Å². The van der Waals surface area contributed by atoms with Crippen LogP contribution in [-0.2, 0) is 14.3 Å². The zero-order valence-electron chi connectivity index (χ0n) is 22.3. The number of hydrogen-bond acceptors (Lipinski definition) is 8. The lowest BCUT2D eigenvalue weighted by molar-refractivity contribution is -0.126. The first kappa shape index (κ1) is 32.1. The Morgan fingerprint density at radius 2 is 1.89 bits per heavy atom. The largest absolute Gasteiger partial charge is 0.490 e. The number of hydrogen-bond donors (Lipinski definition) is 3. The van der Waals surface area contributed by atoms with Crippen LogP contribution in [0.4, 0.5) is 0 Å². The van der Waals surface area contributed by atoms with Crippen LogP contribution in [0.15, 0.2) is 24.3 Å². The first-order valence-corrected chi connectivity index (χ1v) is 14.3. The third-order valence-corrected chi connectivity index (χ3v) is 7.59. The minimum absolute atomic E-state index is 0.0407. The molecule has 0 heterocycles. The fraction of sp³-hybridized carbons (Fsp3) is 0.615. The predicted molar refractivity (Wildman–Crippen MR) is 149 cm³/mol.